The molecule has 0 saturated heterocycles. The minimum atomic E-state index is -3.01. The fourth-order valence-corrected chi connectivity index (χ4v) is 4.40. The van der Waals surface area contributed by atoms with Crippen LogP contribution in [0.3, 0.4) is 0 Å². The van der Waals surface area contributed by atoms with Crippen molar-refractivity contribution in [3.63, 3.8) is 0 Å². The van der Waals surface area contributed by atoms with Crippen molar-refractivity contribution < 1.29 is 8.42 Å². The van der Waals surface area contributed by atoms with Gasteiger partial charge in [-0.2, -0.15) is 0 Å². The average molecular weight is 203 g/mol. The van der Waals surface area contributed by atoms with E-state index < -0.39 is 14.7 Å². The number of hydrogen-bond acceptors (Lipinski definition) is 3. The zero-order valence-corrected chi connectivity index (χ0v) is 8.65. The Labute approximate surface area is 79.6 Å². The zero-order valence-electron chi connectivity index (χ0n) is 7.83. The molecule has 0 unspecified atom stereocenters. The zero-order chi connectivity index (χ0) is 9.53. The minimum Gasteiger partial charge on any atom is -0.313 e. The van der Waals surface area contributed by atoms with Crippen LogP contribution in [0.4, 0.5) is 0 Å². The Kier molecular flexibility index (Phi) is 2.15. The molecule has 2 rings (SSSR count). The summed E-state index contributed by atoms with van der Waals surface area (Å²) < 4.78 is 23.9. The molecule has 0 aromatic rings. The molecule has 2 fully saturated rings. The fourth-order valence-electron chi connectivity index (χ4n) is 2.12. The van der Waals surface area contributed by atoms with Crippen molar-refractivity contribution in [2.24, 2.45) is 5.73 Å². The van der Waals surface area contributed by atoms with Crippen molar-refractivity contribution in [3.05, 3.63) is 0 Å². The van der Waals surface area contributed by atoms with E-state index in [0.717, 1.165) is 25.7 Å². The van der Waals surface area contributed by atoms with Gasteiger partial charge >= 0.3 is 0 Å². The Morgan fingerprint density at radius 3 is 2.08 bits per heavy atom. The van der Waals surface area contributed by atoms with Gasteiger partial charge in [-0.3, -0.25) is 0 Å². The third kappa shape index (κ3) is 1.50. The first-order chi connectivity index (χ1) is 6.06. The molecule has 2 saturated carbocycles. The predicted molar refractivity (Wildman–Crippen MR) is 51.9 cm³/mol. The summed E-state index contributed by atoms with van der Waals surface area (Å²) >= 11 is 0. The van der Waals surface area contributed by atoms with Gasteiger partial charge in [0.15, 0.2) is 9.84 Å². The van der Waals surface area contributed by atoms with Gasteiger partial charge in [-0.1, -0.05) is 19.3 Å². The van der Waals surface area contributed by atoms with Gasteiger partial charge in [0.1, 0.15) is 4.87 Å². The van der Waals surface area contributed by atoms with Gasteiger partial charge < -0.3 is 5.73 Å². The molecule has 0 aliphatic heterocycles. The van der Waals surface area contributed by atoms with E-state index in [0.29, 0.717) is 12.8 Å². The summed E-state index contributed by atoms with van der Waals surface area (Å²) in [5.74, 6) is 0. The van der Waals surface area contributed by atoms with E-state index in [2.05, 4.69) is 0 Å². The standard InChI is InChI=1S/C9H17NO2S/c10-9(6-7-9)13(11,12)8-4-2-1-3-5-8/h8H,1-7,10H2. The molecule has 0 amide bonds. The van der Waals surface area contributed by atoms with E-state index in [1.165, 1.54) is 6.42 Å². The third-order valence-electron chi connectivity index (χ3n) is 3.30. The van der Waals surface area contributed by atoms with Crippen molar-refractivity contribution in [3.8, 4) is 0 Å². The van der Waals surface area contributed by atoms with Crippen molar-refractivity contribution in [2.75, 3.05) is 0 Å². The first-order valence-corrected chi connectivity index (χ1v) is 6.63. The molecule has 0 spiro atoms. The van der Waals surface area contributed by atoms with Crippen molar-refractivity contribution in [1.82, 2.24) is 0 Å². The first kappa shape index (κ1) is 9.46. The second-order valence-corrected chi connectivity index (χ2v) is 6.94. The lowest BCUT2D eigenvalue weighted by atomic mass is 10.0. The monoisotopic (exact) mass is 203 g/mol. The van der Waals surface area contributed by atoms with Crippen LogP contribution in [0.15, 0.2) is 0 Å². The van der Waals surface area contributed by atoms with E-state index in [9.17, 15) is 8.42 Å². The van der Waals surface area contributed by atoms with Gasteiger partial charge in [0.05, 0.1) is 5.25 Å². The molecular weight excluding hydrogens is 186 g/mol. The van der Waals surface area contributed by atoms with Crippen LogP contribution in [-0.2, 0) is 9.84 Å². The molecule has 0 aromatic carbocycles. The van der Waals surface area contributed by atoms with E-state index in [1.54, 1.807) is 0 Å². The Bertz CT molecular complexity index is 287. The Hall–Kier alpha value is -0.0900. The highest BCUT2D eigenvalue weighted by molar-refractivity contribution is 7.93. The van der Waals surface area contributed by atoms with E-state index in [-0.39, 0.29) is 5.25 Å². The van der Waals surface area contributed by atoms with Crippen LogP contribution >= 0.6 is 0 Å². The van der Waals surface area contributed by atoms with Gasteiger partial charge in [-0.05, 0) is 25.7 Å². The van der Waals surface area contributed by atoms with Gasteiger partial charge in [-0.15, -0.1) is 0 Å². The highest BCUT2D eigenvalue weighted by Crippen LogP contribution is 2.42. The number of hydrogen-bond donors (Lipinski definition) is 1. The van der Waals surface area contributed by atoms with E-state index >= 15 is 0 Å². The minimum absolute atomic E-state index is 0.131. The third-order valence-corrected chi connectivity index (χ3v) is 6.19. The van der Waals surface area contributed by atoms with Crippen LogP contribution in [0.5, 0.6) is 0 Å². The molecule has 76 valence electrons. The molecule has 0 radical (unpaired) electrons. The van der Waals surface area contributed by atoms with Gasteiger partial charge in [0, 0.05) is 0 Å². The summed E-state index contributed by atoms with van der Waals surface area (Å²) in [5.41, 5.74) is 5.77. The van der Waals surface area contributed by atoms with Gasteiger partial charge in [-0.25, -0.2) is 8.42 Å². The van der Waals surface area contributed by atoms with Crippen LogP contribution in [-0.4, -0.2) is 18.5 Å². The Balaban J connectivity index is 2.14. The van der Waals surface area contributed by atoms with Gasteiger partial charge in [0.2, 0.25) is 0 Å². The van der Waals surface area contributed by atoms with E-state index in [4.69, 9.17) is 5.73 Å². The fraction of sp³-hybridized carbons (Fsp3) is 1.00. The molecule has 2 aliphatic carbocycles. The largest absolute Gasteiger partial charge is 0.313 e. The maximum absolute atomic E-state index is 11.9. The smallest absolute Gasteiger partial charge is 0.171 e. The first-order valence-electron chi connectivity index (χ1n) is 5.09. The van der Waals surface area contributed by atoms with Crippen LogP contribution in [0.25, 0.3) is 0 Å². The lowest BCUT2D eigenvalue weighted by molar-refractivity contribution is 0.476. The van der Waals surface area contributed by atoms with Crippen molar-refractivity contribution in [2.45, 2.75) is 55.1 Å². The van der Waals surface area contributed by atoms with Crippen LogP contribution < -0.4 is 5.73 Å². The van der Waals surface area contributed by atoms with Crippen LogP contribution in [0, 0.1) is 0 Å². The molecule has 4 heteroatoms. The molecular formula is C9H17NO2S. The summed E-state index contributed by atoms with van der Waals surface area (Å²) in [6, 6.07) is 0. The molecule has 2 aliphatic rings. The topological polar surface area (TPSA) is 60.2 Å². The molecule has 13 heavy (non-hydrogen) atoms. The summed E-state index contributed by atoms with van der Waals surface area (Å²) in [6.07, 6.45) is 6.31. The van der Waals surface area contributed by atoms with Crippen molar-refractivity contribution in [1.29, 1.82) is 0 Å². The normalized spacial score (nSPS) is 28.7. The van der Waals surface area contributed by atoms with Gasteiger partial charge in [0.25, 0.3) is 0 Å². The quantitative estimate of drug-likeness (QED) is 0.733. The number of nitrogens with two attached hydrogens (primary N) is 1. The maximum Gasteiger partial charge on any atom is 0.171 e. The van der Waals surface area contributed by atoms with Crippen LogP contribution in [0.1, 0.15) is 44.9 Å². The Morgan fingerprint density at radius 2 is 1.62 bits per heavy atom. The van der Waals surface area contributed by atoms with E-state index in [1.807, 2.05) is 0 Å². The second-order valence-electron chi connectivity index (χ2n) is 4.37. The lowest BCUT2D eigenvalue weighted by Gasteiger charge is -2.24. The molecule has 0 aromatic heterocycles. The highest BCUT2D eigenvalue weighted by atomic mass is 32.2. The molecule has 2 N–H and O–H groups in total. The summed E-state index contributed by atoms with van der Waals surface area (Å²) in [7, 11) is -3.01. The predicted octanol–water partition coefficient (Wildman–Crippen LogP) is 1.18. The molecule has 0 bridgehead atoms. The summed E-state index contributed by atoms with van der Waals surface area (Å²) in [4.78, 5) is -0.824. The molecule has 3 nitrogen and oxygen atoms in total. The summed E-state index contributed by atoms with van der Waals surface area (Å²) in [5, 5.41) is -0.131. The highest BCUT2D eigenvalue weighted by Gasteiger charge is 2.53. The molecule has 0 heterocycles. The van der Waals surface area contributed by atoms with Crippen molar-refractivity contribution >= 4 is 9.84 Å². The van der Waals surface area contributed by atoms with Crippen LogP contribution in [0.2, 0.25) is 0 Å². The average Bonchev–Trinajstić information content (AvgIpc) is 2.87. The Morgan fingerprint density at radius 1 is 1.08 bits per heavy atom. The number of sulfone groups is 1. The summed E-state index contributed by atoms with van der Waals surface area (Å²) in [6.45, 7) is 0. The lowest BCUT2D eigenvalue weighted by Crippen LogP contribution is -2.41. The SMILES string of the molecule is NC1(S(=O)(=O)C2CCCCC2)CC1. The second kappa shape index (κ2) is 2.95. The molecule has 0 atom stereocenters. The maximum atomic E-state index is 11.9. The number of rotatable bonds is 2.